The van der Waals surface area contributed by atoms with Crippen LogP contribution in [0.15, 0.2) is 57.9 Å². The molecule has 1 unspecified atom stereocenters. The Morgan fingerprint density at radius 2 is 2.07 bits per heavy atom. The third-order valence-corrected chi connectivity index (χ3v) is 4.87. The molecule has 0 spiro atoms. The summed E-state index contributed by atoms with van der Waals surface area (Å²) < 4.78 is 16.9. The Balaban J connectivity index is 1.71. The molecule has 2 N–H and O–H groups in total. The molecular formula is C23H24N2O5. The number of nitrogens with one attached hydrogen (secondary N) is 1. The van der Waals surface area contributed by atoms with Gasteiger partial charge in [-0.05, 0) is 62.2 Å². The van der Waals surface area contributed by atoms with Gasteiger partial charge in [-0.3, -0.25) is 4.79 Å². The maximum absolute atomic E-state index is 12.9. The van der Waals surface area contributed by atoms with Crippen LogP contribution < -0.4 is 15.6 Å². The van der Waals surface area contributed by atoms with Gasteiger partial charge in [-0.25, -0.2) is 4.99 Å². The second-order valence-electron chi connectivity index (χ2n) is 7.07. The fourth-order valence-electron chi connectivity index (χ4n) is 3.36. The average Bonchev–Trinajstić information content (AvgIpc) is 3.27. The van der Waals surface area contributed by atoms with E-state index in [-0.39, 0.29) is 23.3 Å². The first-order chi connectivity index (χ1) is 14.6. The summed E-state index contributed by atoms with van der Waals surface area (Å²) in [5, 5.41) is 13.4. The van der Waals surface area contributed by atoms with Crippen LogP contribution in [0.3, 0.4) is 0 Å². The van der Waals surface area contributed by atoms with E-state index >= 15 is 0 Å². The molecular weight excluding hydrogens is 384 g/mol. The van der Waals surface area contributed by atoms with Crippen LogP contribution in [0.5, 0.6) is 11.5 Å². The van der Waals surface area contributed by atoms with Gasteiger partial charge in [0, 0.05) is 24.6 Å². The molecule has 0 bridgehead atoms. The number of rotatable bonds is 6. The van der Waals surface area contributed by atoms with Crippen molar-refractivity contribution >= 4 is 22.6 Å². The Bertz CT molecular complexity index is 1100. The molecule has 1 saturated heterocycles. The average molecular weight is 408 g/mol. The summed E-state index contributed by atoms with van der Waals surface area (Å²) in [5.41, 5.74) is 1.55. The van der Waals surface area contributed by atoms with Crippen LogP contribution in [-0.4, -0.2) is 36.9 Å². The van der Waals surface area contributed by atoms with E-state index < -0.39 is 0 Å². The molecule has 7 heteroatoms. The molecule has 30 heavy (non-hydrogen) atoms. The van der Waals surface area contributed by atoms with Crippen LogP contribution >= 0.6 is 0 Å². The van der Waals surface area contributed by atoms with Crippen molar-refractivity contribution in [3.05, 3.63) is 59.6 Å². The molecule has 2 heterocycles. The van der Waals surface area contributed by atoms with Crippen LogP contribution in [0.25, 0.3) is 11.0 Å². The number of carbonyl (C=O) groups is 1. The molecule has 7 nitrogen and oxygen atoms in total. The fraction of sp³-hybridized carbons (Fsp3) is 0.304. The molecule has 156 valence electrons. The summed E-state index contributed by atoms with van der Waals surface area (Å²) >= 11 is 0. The van der Waals surface area contributed by atoms with Gasteiger partial charge in [-0.15, -0.1) is 0 Å². The first-order valence-electron chi connectivity index (χ1n) is 10.1. The van der Waals surface area contributed by atoms with Gasteiger partial charge in [0.1, 0.15) is 22.6 Å². The quantitative estimate of drug-likeness (QED) is 0.649. The lowest BCUT2D eigenvalue weighted by molar-refractivity contribution is 0.0854. The highest BCUT2D eigenvalue weighted by Gasteiger charge is 2.18. The van der Waals surface area contributed by atoms with Crippen LogP contribution in [0.1, 0.15) is 30.1 Å². The van der Waals surface area contributed by atoms with Gasteiger partial charge in [0.25, 0.3) is 5.91 Å². The minimum atomic E-state index is -0.283. The summed E-state index contributed by atoms with van der Waals surface area (Å²) in [4.78, 5) is 17.4. The van der Waals surface area contributed by atoms with E-state index in [4.69, 9.17) is 13.9 Å². The summed E-state index contributed by atoms with van der Waals surface area (Å²) in [6.45, 7) is 3.67. The molecule has 1 aliphatic heterocycles. The molecule has 1 fully saturated rings. The van der Waals surface area contributed by atoms with E-state index in [0.29, 0.717) is 35.4 Å². The van der Waals surface area contributed by atoms with Crippen molar-refractivity contribution in [2.24, 2.45) is 4.99 Å². The van der Waals surface area contributed by atoms with Crippen LogP contribution in [0.2, 0.25) is 0 Å². The normalized spacial score (nSPS) is 16.7. The SMILES string of the molecule is CCOc1ccc(N=c2oc3cc(O)ccc3cc2C(=O)NCC2CCCO2)cc1. The number of phenolic OH excluding ortho intramolecular Hbond substituents is 1. The van der Waals surface area contributed by atoms with E-state index in [2.05, 4.69) is 10.3 Å². The molecule has 1 atom stereocenters. The molecule has 1 amide bonds. The predicted molar refractivity (Wildman–Crippen MR) is 112 cm³/mol. The number of amides is 1. The number of carbonyl (C=O) groups excluding carboxylic acids is 1. The fourth-order valence-corrected chi connectivity index (χ4v) is 3.36. The molecule has 0 aliphatic carbocycles. The first kappa shape index (κ1) is 20.0. The van der Waals surface area contributed by atoms with Gasteiger partial charge in [0.15, 0.2) is 0 Å². The van der Waals surface area contributed by atoms with Crippen molar-refractivity contribution in [1.29, 1.82) is 0 Å². The van der Waals surface area contributed by atoms with Gasteiger partial charge in [0.05, 0.1) is 18.4 Å². The number of phenols is 1. The van der Waals surface area contributed by atoms with Crippen LogP contribution in [0, 0.1) is 0 Å². The van der Waals surface area contributed by atoms with Crippen molar-refractivity contribution < 1.29 is 23.8 Å². The number of ether oxygens (including phenoxy) is 2. The van der Waals surface area contributed by atoms with Crippen molar-refractivity contribution in [3.8, 4) is 11.5 Å². The van der Waals surface area contributed by atoms with Gasteiger partial charge < -0.3 is 24.3 Å². The topological polar surface area (TPSA) is 93.3 Å². The lowest BCUT2D eigenvalue weighted by Gasteiger charge is -2.11. The number of nitrogens with zero attached hydrogens (tertiary/aromatic N) is 1. The Morgan fingerprint density at radius 3 is 2.80 bits per heavy atom. The minimum Gasteiger partial charge on any atom is -0.508 e. The Hall–Kier alpha value is -3.32. The molecule has 1 aromatic heterocycles. The molecule has 0 saturated carbocycles. The van der Waals surface area contributed by atoms with Crippen LogP contribution in [0.4, 0.5) is 5.69 Å². The van der Waals surface area contributed by atoms with E-state index in [9.17, 15) is 9.90 Å². The van der Waals surface area contributed by atoms with E-state index in [1.165, 1.54) is 6.07 Å². The van der Waals surface area contributed by atoms with E-state index in [1.807, 2.05) is 19.1 Å². The zero-order chi connectivity index (χ0) is 20.9. The lowest BCUT2D eigenvalue weighted by Crippen LogP contribution is -2.34. The summed E-state index contributed by atoms with van der Waals surface area (Å²) in [5.74, 6) is 0.536. The van der Waals surface area contributed by atoms with Crippen molar-refractivity contribution in [2.75, 3.05) is 19.8 Å². The van der Waals surface area contributed by atoms with Gasteiger partial charge in [0.2, 0.25) is 5.55 Å². The summed E-state index contributed by atoms with van der Waals surface area (Å²) in [6.07, 6.45) is 1.98. The number of aromatic hydroxyl groups is 1. The monoisotopic (exact) mass is 408 g/mol. The molecule has 2 aromatic carbocycles. The lowest BCUT2D eigenvalue weighted by atomic mass is 10.1. The number of hydrogen-bond acceptors (Lipinski definition) is 6. The second kappa shape index (κ2) is 9.00. The summed E-state index contributed by atoms with van der Waals surface area (Å²) in [6, 6.07) is 13.7. The highest BCUT2D eigenvalue weighted by molar-refractivity contribution is 5.96. The maximum atomic E-state index is 12.9. The Kier molecular flexibility index (Phi) is 5.99. The third-order valence-electron chi connectivity index (χ3n) is 4.87. The molecule has 4 rings (SSSR count). The number of hydrogen-bond donors (Lipinski definition) is 2. The smallest absolute Gasteiger partial charge is 0.256 e. The first-order valence-corrected chi connectivity index (χ1v) is 10.1. The standard InChI is InChI=1S/C23H24N2O5/c1-2-28-18-9-6-16(7-10-18)25-23-20(22(27)24-14-19-4-3-11-29-19)12-15-5-8-17(26)13-21(15)30-23/h5-10,12-13,19,26H,2-4,11,14H2,1H3,(H,24,27). The van der Waals surface area contributed by atoms with E-state index in [0.717, 1.165) is 25.2 Å². The zero-order valence-corrected chi connectivity index (χ0v) is 16.8. The van der Waals surface area contributed by atoms with Crippen LogP contribution in [-0.2, 0) is 4.74 Å². The van der Waals surface area contributed by atoms with Crippen molar-refractivity contribution in [2.45, 2.75) is 25.9 Å². The van der Waals surface area contributed by atoms with Gasteiger partial charge >= 0.3 is 0 Å². The number of fused-ring (bicyclic) bond motifs is 1. The Labute approximate surface area is 174 Å². The highest BCUT2D eigenvalue weighted by Crippen LogP contribution is 2.21. The minimum absolute atomic E-state index is 0.0368. The summed E-state index contributed by atoms with van der Waals surface area (Å²) in [7, 11) is 0. The van der Waals surface area contributed by atoms with E-state index in [1.54, 1.807) is 30.3 Å². The zero-order valence-electron chi connectivity index (χ0n) is 16.8. The second-order valence-corrected chi connectivity index (χ2v) is 7.07. The predicted octanol–water partition coefficient (Wildman–Crippen LogP) is 3.68. The maximum Gasteiger partial charge on any atom is 0.256 e. The third kappa shape index (κ3) is 4.63. The molecule has 0 radical (unpaired) electrons. The van der Waals surface area contributed by atoms with Crippen molar-refractivity contribution in [3.63, 3.8) is 0 Å². The largest absolute Gasteiger partial charge is 0.508 e. The number of benzene rings is 2. The van der Waals surface area contributed by atoms with Gasteiger partial charge in [-0.2, -0.15) is 0 Å². The van der Waals surface area contributed by atoms with Gasteiger partial charge in [-0.1, -0.05) is 0 Å². The van der Waals surface area contributed by atoms with Crippen molar-refractivity contribution in [1.82, 2.24) is 5.32 Å². The Morgan fingerprint density at radius 1 is 1.23 bits per heavy atom. The molecule has 1 aliphatic rings. The highest BCUT2D eigenvalue weighted by atomic mass is 16.5. The molecule has 3 aromatic rings.